The first-order valence-electron chi connectivity index (χ1n) is 7.92. The van der Waals surface area contributed by atoms with Crippen LogP contribution >= 0.6 is 0 Å². The minimum absolute atomic E-state index is 0.129. The lowest BCUT2D eigenvalue weighted by Crippen LogP contribution is -2.32. The van der Waals surface area contributed by atoms with E-state index in [2.05, 4.69) is 29.7 Å². The first-order valence-corrected chi connectivity index (χ1v) is 7.92. The Hall–Kier alpha value is -2.49. The van der Waals surface area contributed by atoms with Gasteiger partial charge in [-0.1, -0.05) is 37.6 Å². The zero-order valence-electron chi connectivity index (χ0n) is 14.0. The molecule has 0 aromatic heterocycles. The maximum absolute atomic E-state index is 11.9. The van der Waals surface area contributed by atoms with Gasteiger partial charge >= 0.3 is 6.03 Å². The van der Waals surface area contributed by atoms with Gasteiger partial charge in [-0.3, -0.25) is 0 Å². The third kappa shape index (κ3) is 5.33. The Morgan fingerprint density at radius 3 is 2.52 bits per heavy atom. The second-order valence-electron chi connectivity index (χ2n) is 5.63. The fourth-order valence-corrected chi connectivity index (χ4v) is 2.26. The lowest BCUT2D eigenvalue weighted by molar-refractivity contribution is 0.234. The largest absolute Gasteiger partial charge is 0.473 e. The van der Waals surface area contributed by atoms with Crippen LogP contribution in [0.3, 0.4) is 0 Å². The molecular weight excluding hydrogens is 288 g/mol. The molecule has 0 fully saturated rings. The van der Waals surface area contributed by atoms with Crippen LogP contribution in [0.2, 0.25) is 0 Å². The van der Waals surface area contributed by atoms with Crippen molar-refractivity contribution in [3.8, 4) is 5.75 Å². The minimum atomic E-state index is -0.277. The zero-order chi connectivity index (χ0) is 16.7. The molecule has 0 spiro atoms. The second kappa shape index (κ2) is 8.22. The van der Waals surface area contributed by atoms with Gasteiger partial charge in [0.2, 0.25) is 0 Å². The van der Waals surface area contributed by atoms with Crippen molar-refractivity contribution >= 4 is 11.7 Å². The van der Waals surface area contributed by atoms with Crippen LogP contribution in [0.15, 0.2) is 42.5 Å². The molecule has 0 aliphatic carbocycles. The molecule has 4 nitrogen and oxygen atoms in total. The van der Waals surface area contributed by atoms with Gasteiger partial charge in [0.25, 0.3) is 0 Å². The topological polar surface area (TPSA) is 50.4 Å². The fourth-order valence-electron chi connectivity index (χ4n) is 2.26. The third-order valence-corrected chi connectivity index (χ3v) is 3.57. The van der Waals surface area contributed by atoms with Crippen LogP contribution < -0.4 is 15.4 Å². The van der Waals surface area contributed by atoms with Crippen LogP contribution in [-0.2, 0) is 6.42 Å². The number of urea groups is 1. The van der Waals surface area contributed by atoms with Crippen molar-refractivity contribution in [1.82, 2.24) is 5.32 Å². The molecule has 0 unspecified atom stereocenters. The number of ether oxygens (including phenoxy) is 1. The van der Waals surface area contributed by atoms with Gasteiger partial charge in [-0.15, -0.1) is 0 Å². The molecule has 0 radical (unpaired) electrons. The van der Waals surface area contributed by atoms with Crippen molar-refractivity contribution in [2.24, 2.45) is 0 Å². The Kier molecular flexibility index (Phi) is 6.03. The summed E-state index contributed by atoms with van der Waals surface area (Å²) in [7, 11) is 0. The molecule has 0 saturated heterocycles. The van der Waals surface area contributed by atoms with Crippen LogP contribution in [-0.4, -0.2) is 12.8 Å². The standard InChI is InChI=1S/C19H24N2O2/c1-4-5-16-8-10-17(11-9-16)23-13-20-19(22)21-18-12-14(2)6-7-15(18)3/h6-12H,4-5,13H2,1-3H3,(H2,20,21,22). The molecule has 2 aromatic carbocycles. The predicted molar refractivity (Wildman–Crippen MR) is 94.0 cm³/mol. The van der Waals surface area contributed by atoms with Crippen LogP contribution in [0.5, 0.6) is 5.75 Å². The molecule has 4 heteroatoms. The first-order chi connectivity index (χ1) is 11.1. The van der Waals surface area contributed by atoms with Gasteiger partial charge in [0, 0.05) is 5.69 Å². The van der Waals surface area contributed by atoms with Gasteiger partial charge in [0.1, 0.15) is 5.75 Å². The molecular formula is C19H24N2O2. The highest BCUT2D eigenvalue weighted by Gasteiger charge is 2.04. The number of nitrogens with one attached hydrogen (secondary N) is 2. The molecule has 2 N–H and O–H groups in total. The maximum Gasteiger partial charge on any atom is 0.321 e. The van der Waals surface area contributed by atoms with Crippen LogP contribution in [0.25, 0.3) is 0 Å². The molecule has 0 aliphatic rings. The lowest BCUT2D eigenvalue weighted by atomic mass is 10.1. The van der Waals surface area contributed by atoms with Crippen molar-refractivity contribution in [1.29, 1.82) is 0 Å². The van der Waals surface area contributed by atoms with Gasteiger partial charge in [-0.25, -0.2) is 4.79 Å². The highest BCUT2D eigenvalue weighted by Crippen LogP contribution is 2.16. The lowest BCUT2D eigenvalue weighted by Gasteiger charge is -2.12. The average molecular weight is 312 g/mol. The second-order valence-corrected chi connectivity index (χ2v) is 5.63. The summed E-state index contributed by atoms with van der Waals surface area (Å²) >= 11 is 0. The van der Waals surface area contributed by atoms with Crippen molar-refractivity contribution in [2.45, 2.75) is 33.6 Å². The first kappa shape index (κ1) is 16.9. The Labute approximate surface area is 137 Å². The van der Waals surface area contributed by atoms with Gasteiger partial charge in [0.15, 0.2) is 6.73 Å². The van der Waals surface area contributed by atoms with E-state index in [1.165, 1.54) is 5.56 Å². The number of hydrogen-bond acceptors (Lipinski definition) is 2. The molecule has 0 atom stereocenters. The summed E-state index contributed by atoms with van der Waals surface area (Å²) in [6, 6.07) is 13.6. The van der Waals surface area contributed by atoms with E-state index in [4.69, 9.17) is 4.74 Å². The normalized spacial score (nSPS) is 10.2. The Bertz CT molecular complexity index is 651. The highest BCUT2D eigenvalue weighted by molar-refractivity contribution is 5.90. The number of amides is 2. The molecule has 2 aromatic rings. The molecule has 2 amide bonds. The molecule has 0 aliphatic heterocycles. The molecule has 23 heavy (non-hydrogen) atoms. The summed E-state index contributed by atoms with van der Waals surface area (Å²) in [5.74, 6) is 0.747. The molecule has 2 rings (SSSR count). The monoisotopic (exact) mass is 312 g/mol. The van der Waals surface area contributed by atoms with E-state index >= 15 is 0 Å². The Morgan fingerprint density at radius 1 is 1.09 bits per heavy atom. The average Bonchev–Trinajstić information content (AvgIpc) is 2.53. The Morgan fingerprint density at radius 2 is 1.83 bits per heavy atom. The van der Waals surface area contributed by atoms with Crippen LogP contribution in [0, 0.1) is 13.8 Å². The van der Waals surface area contributed by atoms with E-state index in [1.807, 2.05) is 44.2 Å². The summed E-state index contributed by atoms with van der Waals surface area (Å²) in [5, 5.41) is 5.53. The summed E-state index contributed by atoms with van der Waals surface area (Å²) in [5.41, 5.74) is 4.24. The number of hydrogen-bond donors (Lipinski definition) is 2. The smallest absolute Gasteiger partial charge is 0.321 e. The van der Waals surface area contributed by atoms with Crippen LogP contribution in [0.1, 0.15) is 30.0 Å². The summed E-state index contributed by atoms with van der Waals surface area (Å²) in [6.45, 7) is 6.24. The number of carbonyl (C=O) groups is 1. The highest BCUT2D eigenvalue weighted by atomic mass is 16.5. The van der Waals surface area contributed by atoms with E-state index in [1.54, 1.807) is 0 Å². The predicted octanol–water partition coefficient (Wildman–Crippen LogP) is 4.41. The minimum Gasteiger partial charge on any atom is -0.473 e. The quantitative estimate of drug-likeness (QED) is 0.776. The zero-order valence-corrected chi connectivity index (χ0v) is 14.0. The van der Waals surface area contributed by atoms with Gasteiger partial charge < -0.3 is 15.4 Å². The van der Waals surface area contributed by atoms with Gasteiger partial charge in [-0.05, 0) is 55.2 Å². The van der Waals surface area contributed by atoms with Crippen molar-refractivity contribution in [3.05, 3.63) is 59.2 Å². The van der Waals surface area contributed by atoms with Crippen molar-refractivity contribution < 1.29 is 9.53 Å². The summed E-state index contributed by atoms with van der Waals surface area (Å²) in [4.78, 5) is 11.9. The van der Waals surface area contributed by atoms with Crippen LogP contribution in [0.4, 0.5) is 10.5 Å². The number of rotatable bonds is 6. The number of anilines is 1. The van der Waals surface area contributed by atoms with Gasteiger partial charge in [0.05, 0.1) is 0 Å². The van der Waals surface area contributed by atoms with Gasteiger partial charge in [-0.2, -0.15) is 0 Å². The SMILES string of the molecule is CCCc1ccc(OCNC(=O)Nc2cc(C)ccc2C)cc1. The summed E-state index contributed by atoms with van der Waals surface area (Å²) < 4.78 is 5.53. The molecule has 0 saturated carbocycles. The molecule has 0 heterocycles. The number of aryl methyl sites for hydroxylation is 3. The van der Waals surface area contributed by atoms with E-state index < -0.39 is 0 Å². The number of carbonyl (C=O) groups excluding carboxylic acids is 1. The third-order valence-electron chi connectivity index (χ3n) is 3.57. The number of benzene rings is 2. The molecule has 122 valence electrons. The maximum atomic E-state index is 11.9. The van der Waals surface area contributed by atoms with E-state index in [0.29, 0.717) is 0 Å². The molecule has 0 bridgehead atoms. The van der Waals surface area contributed by atoms with E-state index in [0.717, 1.165) is 35.4 Å². The van der Waals surface area contributed by atoms with E-state index in [-0.39, 0.29) is 12.8 Å². The Balaban J connectivity index is 1.79. The van der Waals surface area contributed by atoms with Crippen molar-refractivity contribution in [2.75, 3.05) is 12.0 Å². The summed E-state index contributed by atoms with van der Waals surface area (Å²) in [6.07, 6.45) is 2.19. The fraction of sp³-hybridized carbons (Fsp3) is 0.316. The van der Waals surface area contributed by atoms with Crippen molar-refractivity contribution in [3.63, 3.8) is 0 Å². The van der Waals surface area contributed by atoms with E-state index in [9.17, 15) is 4.79 Å².